The van der Waals surface area contributed by atoms with Gasteiger partial charge in [0.1, 0.15) is 30.3 Å². The molecule has 2 aliphatic heterocycles. The molecule has 0 radical (unpaired) electrons. The van der Waals surface area contributed by atoms with Crippen LogP contribution in [0.3, 0.4) is 0 Å². The van der Waals surface area contributed by atoms with Gasteiger partial charge in [-0.2, -0.15) is 0 Å². The van der Waals surface area contributed by atoms with Crippen LogP contribution in [0, 0.1) is 12.3 Å². The summed E-state index contributed by atoms with van der Waals surface area (Å²) in [4.78, 5) is 3.97. The van der Waals surface area contributed by atoms with Crippen molar-refractivity contribution < 1.29 is 23.7 Å². The molecule has 5 nitrogen and oxygen atoms in total. The number of halogens is 2. The third kappa shape index (κ3) is 2.44. The Morgan fingerprint density at radius 2 is 2.22 bits per heavy atom. The number of alkyl halides is 2. The monoisotopic (exact) mass is 278 g/mol. The Morgan fingerprint density at radius 1 is 1.50 bits per heavy atom. The molecule has 2 heterocycles. The summed E-state index contributed by atoms with van der Waals surface area (Å²) in [5.74, 6) is 2.31. The molecule has 0 amide bonds. The maximum Gasteiger partial charge on any atom is 0.267 e. The van der Waals surface area contributed by atoms with E-state index in [1.54, 1.807) is 0 Å². The van der Waals surface area contributed by atoms with Crippen LogP contribution in [-0.2, 0) is 4.74 Å². The average molecular weight is 278 g/mol. The van der Waals surface area contributed by atoms with Gasteiger partial charge in [0.05, 0.1) is 6.04 Å². The molecular weight excluding hydrogens is 266 g/mol. The minimum atomic E-state index is -2.86. The van der Waals surface area contributed by atoms with E-state index in [9.17, 15) is 19.0 Å². The summed E-state index contributed by atoms with van der Waals surface area (Å²) in [6.45, 7) is 0.145. The Balaban J connectivity index is 2.10. The van der Waals surface area contributed by atoms with Crippen LogP contribution < -0.4 is 5.32 Å². The SMILES string of the molecule is C#CCN=C1N[C@@H]2[C@@H](O)[C@H](O)C(C(F)F)O[C@@H]2S1. The maximum atomic E-state index is 12.6. The van der Waals surface area contributed by atoms with E-state index in [2.05, 4.69) is 16.2 Å². The third-order valence-electron chi connectivity index (χ3n) is 2.72. The molecular formula is C10H12F2N2O3S. The van der Waals surface area contributed by atoms with Crippen molar-refractivity contribution in [3.8, 4) is 12.3 Å². The lowest BCUT2D eigenvalue weighted by Crippen LogP contribution is -2.60. The number of ether oxygens (including phenoxy) is 1. The van der Waals surface area contributed by atoms with Gasteiger partial charge in [-0.3, -0.25) is 0 Å². The number of fused-ring (bicyclic) bond motifs is 1. The molecule has 0 aliphatic carbocycles. The zero-order chi connectivity index (χ0) is 13.3. The number of thioether (sulfide) groups is 1. The van der Waals surface area contributed by atoms with E-state index in [0.717, 1.165) is 11.8 Å². The van der Waals surface area contributed by atoms with Gasteiger partial charge in [-0.05, 0) is 0 Å². The fourth-order valence-corrected chi connectivity index (χ4v) is 2.96. The Bertz CT molecular complexity index is 388. The third-order valence-corrected chi connectivity index (χ3v) is 3.83. The van der Waals surface area contributed by atoms with Crippen molar-refractivity contribution in [1.29, 1.82) is 0 Å². The number of hydrogen-bond acceptors (Lipinski definition) is 5. The van der Waals surface area contributed by atoms with E-state index in [-0.39, 0.29) is 6.54 Å². The smallest absolute Gasteiger partial charge is 0.267 e. The average Bonchev–Trinajstić information content (AvgIpc) is 2.74. The summed E-state index contributed by atoms with van der Waals surface area (Å²) in [5.41, 5.74) is -0.709. The van der Waals surface area contributed by atoms with Crippen molar-refractivity contribution in [1.82, 2.24) is 5.32 Å². The van der Waals surface area contributed by atoms with Crippen molar-refractivity contribution in [2.75, 3.05) is 6.54 Å². The van der Waals surface area contributed by atoms with E-state index in [1.165, 1.54) is 0 Å². The summed E-state index contributed by atoms with van der Waals surface area (Å²) in [5, 5.41) is 22.5. The highest BCUT2D eigenvalue weighted by atomic mass is 32.2. The first kappa shape index (κ1) is 13.5. The van der Waals surface area contributed by atoms with E-state index < -0.39 is 36.2 Å². The minimum Gasteiger partial charge on any atom is -0.388 e. The number of nitrogens with zero attached hydrogens (tertiary/aromatic N) is 1. The molecule has 0 saturated carbocycles. The van der Waals surface area contributed by atoms with Gasteiger partial charge in [0.15, 0.2) is 5.17 Å². The number of terminal acetylenes is 1. The van der Waals surface area contributed by atoms with Crippen LogP contribution in [-0.4, -0.2) is 58.1 Å². The Labute approximate surface area is 107 Å². The molecule has 8 heteroatoms. The van der Waals surface area contributed by atoms with Crippen molar-refractivity contribution in [3.05, 3.63) is 0 Å². The van der Waals surface area contributed by atoms with E-state index in [0.29, 0.717) is 5.17 Å². The zero-order valence-corrected chi connectivity index (χ0v) is 9.98. The van der Waals surface area contributed by atoms with Gasteiger partial charge in [-0.1, -0.05) is 17.7 Å². The van der Waals surface area contributed by atoms with Crippen LogP contribution in [0.15, 0.2) is 4.99 Å². The normalized spacial score (nSPS) is 41.6. The summed E-state index contributed by atoms with van der Waals surface area (Å²) in [6.07, 6.45) is -2.47. The number of amidine groups is 1. The molecule has 3 N–H and O–H groups in total. The molecule has 0 aromatic rings. The summed E-state index contributed by atoms with van der Waals surface area (Å²) < 4.78 is 30.3. The van der Waals surface area contributed by atoms with E-state index in [4.69, 9.17) is 11.2 Å². The molecule has 1 unspecified atom stereocenters. The zero-order valence-electron chi connectivity index (χ0n) is 9.16. The topological polar surface area (TPSA) is 74.1 Å². The summed E-state index contributed by atoms with van der Waals surface area (Å²) in [6, 6.07) is -0.670. The molecule has 0 aromatic carbocycles. The van der Waals surface area contributed by atoms with Crippen LogP contribution in [0.4, 0.5) is 8.78 Å². The first-order valence-corrected chi connectivity index (χ1v) is 6.13. The van der Waals surface area contributed by atoms with E-state index in [1.807, 2.05) is 0 Å². The number of nitrogens with one attached hydrogen (secondary N) is 1. The van der Waals surface area contributed by atoms with Gasteiger partial charge < -0.3 is 20.3 Å². The molecule has 2 rings (SSSR count). The quantitative estimate of drug-likeness (QED) is 0.588. The molecule has 0 spiro atoms. The molecule has 0 bridgehead atoms. The van der Waals surface area contributed by atoms with Crippen molar-refractivity contribution >= 4 is 16.9 Å². The van der Waals surface area contributed by atoms with Gasteiger partial charge in [0.25, 0.3) is 6.43 Å². The van der Waals surface area contributed by atoms with Crippen LogP contribution in [0.1, 0.15) is 0 Å². The summed E-state index contributed by atoms with van der Waals surface area (Å²) >= 11 is 1.08. The largest absolute Gasteiger partial charge is 0.388 e. The summed E-state index contributed by atoms with van der Waals surface area (Å²) in [7, 11) is 0. The standard InChI is InChI=1S/C10H12F2N2O3S/c1-2-3-13-10-14-4-5(15)6(16)7(8(11)12)17-9(4)18-10/h1,4-9,15-16H,3H2,(H,13,14)/t4-,5-,6+,7?,9-/m1/s1. The molecule has 5 atom stereocenters. The highest BCUT2D eigenvalue weighted by Crippen LogP contribution is 2.35. The molecule has 0 aromatic heterocycles. The fraction of sp³-hybridized carbons (Fsp3) is 0.700. The lowest BCUT2D eigenvalue weighted by atomic mass is 9.98. The van der Waals surface area contributed by atoms with Gasteiger partial charge in [-0.25, -0.2) is 13.8 Å². The number of aliphatic imine (C=N–C) groups is 1. The van der Waals surface area contributed by atoms with Gasteiger partial charge in [0.2, 0.25) is 0 Å². The first-order chi connectivity index (χ1) is 8.54. The number of rotatable bonds is 2. The molecule has 18 heavy (non-hydrogen) atoms. The Kier molecular flexibility index (Phi) is 4.07. The predicted octanol–water partition coefficient (Wildman–Crippen LogP) is -0.608. The second-order valence-electron chi connectivity index (χ2n) is 3.90. The van der Waals surface area contributed by atoms with Crippen LogP contribution in [0.5, 0.6) is 0 Å². The lowest BCUT2D eigenvalue weighted by Gasteiger charge is -2.38. The lowest BCUT2D eigenvalue weighted by molar-refractivity contribution is -0.195. The highest BCUT2D eigenvalue weighted by Gasteiger charge is 2.51. The molecule has 2 aliphatic rings. The number of aliphatic hydroxyl groups excluding tert-OH is 2. The molecule has 2 saturated heterocycles. The van der Waals surface area contributed by atoms with Crippen LogP contribution >= 0.6 is 11.8 Å². The van der Waals surface area contributed by atoms with Crippen molar-refractivity contribution in [2.45, 2.75) is 36.2 Å². The van der Waals surface area contributed by atoms with Crippen LogP contribution in [0.2, 0.25) is 0 Å². The van der Waals surface area contributed by atoms with Gasteiger partial charge >= 0.3 is 0 Å². The highest BCUT2D eigenvalue weighted by molar-refractivity contribution is 8.14. The number of hydrogen-bond donors (Lipinski definition) is 3. The Hall–Kier alpha value is -0.880. The van der Waals surface area contributed by atoms with E-state index >= 15 is 0 Å². The van der Waals surface area contributed by atoms with Gasteiger partial charge in [-0.15, -0.1) is 6.42 Å². The second kappa shape index (κ2) is 5.40. The van der Waals surface area contributed by atoms with Crippen molar-refractivity contribution in [3.63, 3.8) is 0 Å². The maximum absolute atomic E-state index is 12.6. The second-order valence-corrected chi connectivity index (χ2v) is 4.99. The van der Waals surface area contributed by atoms with Gasteiger partial charge in [0, 0.05) is 0 Å². The Morgan fingerprint density at radius 3 is 2.83 bits per heavy atom. The molecule has 2 fully saturated rings. The predicted molar refractivity (Wildman–Crippen MR) is 62.3 cm³/mol. The first-order valence-electron chi connectivity index (χ1n) is 5.25. The number of aliphatic hydroxyl groups is 2. The van der Waals surface area contributed by atoms with Crippen molar-refractivity contribution in [2.24, 2.45) is 4.99 Å². The molecule has 100 valence electrons. The van der Waals surface area contributed by atoms with Crippen LogP contribution in [0.25, 0.3) is 0 Å². The fourth-order valence-electron chi connectivity index (χ4n) is 1.84. The minimum absolute atomic E-state index is 0.145.